The molecule has 0 amide bonds. The molecule has 2 unspecified atom stereocenters. The highest BCUT2D eigenvalue weighted by molar-refractivity contribution is 5.75. The quantitative estimate of drug-likeness (QED) is 0.935. The Bertz CT molecular complexity index is 612. The molecule has 4 heteroatoms. The number of para-hydroxylation sites is 2. The zero-order valence-electron chi connectivity index (χ0n) is 12.9. The molecule has 0 spiro atoms. The minimum absolute atomic E-state index is 0.309. The van der Waals surface area contributed by atoms with Crippen LogP contribution in [-0.4, -0.2) is 27.8 Å². The summed E-state index contributed by atoms with van der Waals surface area (Å²) in [6.07, 6.45) is 4.44. The summed E-state index contributed by atoms with van der Waals surface area (Å²) in [6, 6.07) is 8.29. The van der Waals surface area contributed by atoms with Gasteiger partial charge in [-0.1, -0.05) is 18.6 Å². The van der Waals surface area contributed by atoms with E-state index in [1.807, 2.05) is 35.9 Å². The molecule has 1 saturated heterocycles. The summed E-state index contributed by atoms with van der Waals surface area (Å²) in [5, 5.41) is 3.43. The van der Waals surface area contributed by atoms with Gasteiger partial charge in [0, 0.05) is 19.5 Å². The van der Waals surface area contributed by atoms with E-state index >= 15 is 0 Å². The van der Waals surface area contributed by atoms with Gasteiger partial charge in [0.1, 0.15) is 11.5 Å². The third-order valence-electron chi connectivity index (χ3n) is 4.49. The summed E-state index contributed by atoms with van der Waals surface area (Å²) in [7, 11) is 1.97. The molecule has 114 valence electrons. The lowest BCUT2D eigenvalue weighted by atomic mass is 9.90. The van der Waals surface area contributed by atoms with Crippen LogP contribution in [0, 0.1) is 0 Å². The van der Waals surface area contributed by atoms with Crippen LogP contribution in [0.2, 0.25) is 0 Å². The normalized spacial score (nSPS) is 22.3. The number of piperidine rings is 1. The molecule has 1 N–H and O–H groups in total. The number of hydrogen-bond donors (Lipinski definition) is 1. The van der Waals surface area contributed by atoms with Crippen LogP contribution in [0.3, 0.4) is 0 Å². The molecule has 1 fully saturated rings. The van der Waals surface area contributed by atoms with Crippen LogP contribution in [0.1, 0.15) is 38.4 Å². The largest absolute Gasteiger partial charge is 0.331 e. The molecular weight excluding hydrogens is 265 g/mol. The van der Waals surface area contributed by atoms with Crippen LogP contribution in [-0.2, 0) is 13.5 Å². The Kier molecular flexibility index (Phi) is 3.98. The number of imidazole rings is 1. The standard InChI is InChI=1S/C17H24FN3/c1-17(18,11-13-7-5-6-10-19-13)12-16-20-14-8-3-4-9-15(14)21(16)2/h3-4,8-9,13,19H,5-7,10-12H2,1-2H3. The number of nitrogens with zero attached hydrogens (tertiary/aromatic N) is 2. The first-order valence-electron chi connectivity index (χ1n) is 7.88. The third-order valence-corrected chi connectivity index (χ3v) is 4.49. The molecule has 2 heterocycles. The Hall–Kier alpha value is -1.42. The van der Waals surface area contributed by atoms with Crippen molar-refractivity contribution in [2.75, 3.05) is 6.54 Å². The van der Waals surface area contributed by atoms with E-state index in [0.29, 0.717) is 18.9 Å². The maximum Gasteiger partial charge on any atom is 0.116 e. The van der Waals surface area contributed by atoms with Gasteiger partial charge in [-0.3, -0.25) is 0 Å². The van der Waals surface area contributed by atoms with Crippen molar-refractivity contribution < 1.29 is 4.39 Å². The van der Waals surface area contributed by atoms with E-state index < -0.39 is 5.67 Å². The minimum Gasteiger partial charge on any atom is -0.331 e. The molecule has 2 aromatic rings. The van der Waals surface area contributed by atoms with E-state index in [1.54, 1.807) is 6.92 Å². The van der Waals surface area contributed by atoms with Gasteiger partial charge in [0.05, 0.1) is 11.0 Å². The number of benzene rings is 1. The first-order valence-corrected chi connectivity index (χ1v) is 7.88. The third kappa shape index (κ3) is 3.26. The SMILES string of the molecule is Cn1c(CC(C)(F)CC2CCCCN2)nc2ccccc21. The molecule has 1 aliphatic heterocycles. The highest BCUT2D eigenvalue weighted by Crippen LogP contribution is 2.27. The smallest absolute Gasteiger partial charge is 0.116 e. The molecule has 0 aliphatic carbocycles. The second-order valence-electron chi connectivity index (χ2n) is 6.52. The zero-order valence-corrected chi connectivity index (χ0v) is 12.9. The van der Waals surface area contributed by atoms with Crippen molar-refractivity contribution in [2.45, 2.75) is 50.7 Å². The van der Waals surface area contributed by atoms with Crippen molar-refractivity contribution in [1.29, 1.82) is 0 Å². The Morgan fingerprint density at radius 1 is 1.38 bits per heavy atom. The van der Waals surface area contributed by atoms with E-state index in [-0.39, 0.29) is 0 Å². The maximum absolute atomic E-state index is 15.0. The lowest BCUT2D eigenvalue weighted by Crippen LogP contribution is -2.40. The van der Waals surface area contributed by atoms with E-state index in [4.69, 9.17) is 0 Å². The number of hydrogen-bond acceptors (Lipinski definition) is 2. The molecule has 1 aromatic carbocycles. The molecule has 3 rings (SSSR count). The van der Waals surface area contributed by atoms with Crippen molar-refractivity contribution in [2.24, 2.45) is 7.05 Å². The highest BCUT2D eigenvalue weighted by atomic mass is 19.1. The number of aromatic nitrogens is 2. The van der Waals surface area contributed by atoms with E-state index in [1.165, 1.54) is 12.8 Å². The lowest BCUT2D eigenvalue weighted by molar-refractivity contribution is 0.142. The monoisotopic (exact) mass is 289 g/mol. The highest BCUT2D eigenvalue weighted by Gasteiger charge is 2.30. The fourth-order valence-corrected chi connectivity index (χ4v) is 3.37. The average molecular weight is 289 g/mol. The van der Waals surface area contributed by atoms with Crippen molar-refractivity contribution in [3.63, 3.8) is 0 Å². The lowest BCUT2D eigenvalue weighted by Gasteiger charge is -2.29. The molecule has 0 radical (unpaired) electrons. The molecule has 3 nitrogen and oxygen atoms in total. The molecule has 21 heavy (non-hydrogen) atoms. The van der Waals surface area contributed by atoms with Crippen molar-refractivity contribution >= 4 is 11.0 Å². The number of aryl methyl sites for hydroxylation is 1. The Morgan fingerprint density at radius 2 is 2.19 bits per heavy atom. The Morgan fingerprint density at radius 3 is 2.90 bits per heavy atom. The average Bonchev–Trinajstić information content (AvgIpc) is 2.76. The number of alkyl halides is 1. The summed E-state index contributed by atoms with van der Waals surface area (Å²) in [5.74, 6) is 0.831. The molecular formula is C17H24FN3. The van der Waals surface area contributed by atoms with Gasteiger partial charge in [-0.15, -0.1) is 0 Å². The van der Waals surface area contributed by atoms with Crippen molar-refractivity contribution in [3.8, 4) is 0 Å². The first-order chi connectivity index (χ1) is 10.1. The zero-order chi connectivity index (χ0) is 14.9. The summed E-state index contributed by atoms with van der Waals surface area (Å²) < 4.78 is 17.0. The molecule has 2 atom stereocenters. The summed E-state index contributed by atoms with van der Waals surface area (Å²) in [5.41, 5.74) is 0.796. The molecule has 1 aromatic heterocycles. The molecule has 1 aliphatic rings. The van der Waals surface area contributed by atoms with Crippen molar-refractivity contribution in [1.82, 2.24) is 14.9 Å². The minimum atomic E-state index is -1.22. The van der Waals surface area contributed by atoms with Crippen LogP contribution in [0.25, 0.3) is 11.0 Å². The van der Waals surface area contributed by atoms with Gasteiger partial charge in [0.15, 0.2) is 0 Å². The van der Waals surface area contributed by atoms with E-state index in [9.17, 15) is 4.39 Å². The molecule has 0 bridgehead atoms. The van der Waals surface area contributed by atoms with Crippen LogP contribution >= 0.6 is 0 Å². The van der Waals surface area contributed by atoms with Gasteiger partial charge < -0.3 is 9.88 Å². The molecule has 0 saturated carbocycles. The second-order valence-corrected chi connectivity index (χ2v) is 6.52. The van der Waals surface area contributed by atoms with Gasteiger partial charge in [0.25, 0.3) is 0 Å². The fraction of sp³-hybridized carbons (Fsp3) is 0.588. The van der Waals surface area contributed by atoms with Gasteiger partial charge in [0.2, 0.25) is 0 Å². The first kappa shape index (κ1) is 14.5. The van der Waals surface area contributed by atoms with Crippen LogP contribution in [0.4, 0.5) is 4.39 Å². The Labute approximate surface area is 125 Å². The fourth-order valence-electron chi connectivity index (χ4n) is 3.37. The van der Waals surface area contributed by atoms with Gasteiger partial charge >= 0.3 is 0 Å². The van der Waals surface area contributed by atoms with Gasteiger partial charge in [-0.2, -0.15) is 0 Å². The van der Waals surface area contributed by atoms with Gasteiger partial charge in [-0.25, -0.2) is 9.37 Å². The van der Waals surface area contributed by atoms with Crippen LogP contribution in [0.5, 0.6) is 0 Å². The van der Waals surface area contributed by atoms with Crippen molar-refractivity contribution in [3.05, 3.63) is 30.1 Å². The maximum atomic E-state index is 15.0. The van der Waals surface area contributed by atoms with Crippen LogP contribution in [0.15, 0.2) is 24.3 Å². The summed E-state index contributed by atoms with van der Waals surface area (Å²) in [4.78, 5) is 4.59. The van der Waals surface area contributed by atoms with E-state index in [2.05, 4.69) is 10.3 Å². The predicted octanol–water partition coefficient (Wildman–Crippen LogP) is 3.38. The number of rotatable bonds is 4. The van der Waals surface area contributed by atoms with E-state index in [0.717, 1.165) is 29.8 Å². The number of nitrogens with one attached hydrogen (secondary N) is 1. The topological polar surface area (TPSA) is 29.9 Å². The predicted molar refractivity (Wildman–Crippen MR) is 84.2 cm³/mol. The summed E-state index contributed by atoms with van der Waals surface area (Å²) >= 11 is 0. The Balaban J connectivity index is 1.75. The number of halogens is 1. The summed E-state index contributed by atoms with van der Waals surface area (Å²) in [6.45, 7) is 2.73. The second kappa shape index (κ2) is 5.76. The van der Waals surface area contributed by atoms with Crippen LogP contribution < -0.4 is 5.32 Å². The van der Waals surface area contributed by atoms with Gasteiger partial charge in [-0.05, 0) is 44.9 Å². The number of fused-ring (bicyclic) bond motifs is 1.